The lowest BCUT2D eigenvalue weighted by Crippen LogP contribution is -2.37. The van der Waals surface area contributed by atoms with Crippen molar-refractivity contribution in [1.82, 2.24) is 15.0 Å². The first-order chi connectivity index (χ1) is 16.0. The molecule has 3 heterocycles. The van der Waals surface area contributed by atoms with Gasteiger partial charge in [-0.2, -0.15) is 5.26 Å². The Balaban J connectivity index is 1.62. The van der Waals surface area contributed by atoms with Crippen molar-refractivity contribution in [3.05, 3.63) is 45.5 Å². The van der Waals surface area contributed by atoms with E-state index in [4.69, 9.17) is 25.8 Å². The Labute approximate surface area is 199 Å². The smallest absolute Gasteiger partial charge is 0.226 e. The van der Waals surface area contributed by atoms with Crippen LogP contribution >= 0.6 is 22.9 Å². The number of Topliss-reactive ketones (excluding diaryl/α,β-unsaturated/α-hetero) is 1. The van der Waals surface area contributed by atoms with Gasteiger partial charge in [0.05, 0.1) is 50.4 Å². The molecule has 2 aromatic heterocycles. The number of carbonyl (C=O) groups excluding carboxylic acids is 1. The third kappa shape index (κ3) is 4.75. The number of anilines is 1. The fourth-order valence-electron chi connectivity index (χ4n) is 3.36. The van der Waals surface area contributed by atoms with Gasteiger partial charge in [-0.3, -0.25) is 4.79 Å². The van der Waals surface area contributed by atoms with E-state index in [1.165, 1.54) is 17.5 Å². The van der Waals surface area contributed by atoms with Crippen molar-refractivity contribution >= 4 is 34.7 Å². The number of rotatable bonds is 7. The van der Waals surface area contributed by atoms with Crippen LogP contribution in [0.1, 0.15) is 21.4 Å². The van der Waals surface area contributed by atoms with Crippen LogP contribution in [0.15, 0.2) is 29.8 Å². The van der Waals surface area contributed by atoms with E-state index in [0.717, 1.165) is 5.56 Å². The first-order valence-electron chi connectivity index (χ1n) is 10.0. The van der Waals surface area contributed by atoms with Crippen LogP contribution in [0.4, 0.5) is 5.95 Å². The van der Waals surface area contributed by atoms with Crippen LogP contribution in [0.2, 0.25) is 5.02 Å². The molecule has 11 heteroatoms. The van der Waals surface area contributed by atoms with Gasteiger partial charge in [0.25, 0.3) is 0 Å². The van der Waals surface area contributed by atoms with Gasteiger partial charge in [0.1, 0.15) is 10.7 Å². The highest BCUT2D eigenvalue weighted by Gasteiger charge is 2.29. The number of benzene rings is 1. The average Bonchev–Trinajstić information content (AvgIpc) is 3.34. The van der Waals surface area contributed by atoms with E-state index in [9.17, 15) is 10.1 Å². The van der Waals surface area contributed by atoms with Gasteiger partial charge in [0.15, 0.2) is 17.4 Å². The second-order valence-corrected chi connectivity index (χ2v) is 8.33. The highest BCUT2D eigenvalue weighted by atomic mass is 35.5. The molecule has 1 fully saturated rings. The summed E-state index contributed by atoms with van der Waals surface area (Å²) in [6.07, 6.45) is 1.39. The summed E-state index contributed by atoms with van der Waals surface area (Å²) in [6, 6.07) is 7.44. The van der Waals surface area contributed by atoms with Crippen molar-refractivity contribution in [3.8, 4) is 28.8 Å². The number of thiazole rings is 1. The molecule has 1 unspecified atom stereocenters. The Morgan fingerprint density at radius 2 is 2.00 bits per heavy atom. The zero-order valence-electron chi connectivity index (χ0n) is 17.9. The maximum absolute atomic E-state index is 13.3. The molecule has 1 aliphatic heterocycles. The molecule has 0 N–H and O–H groups in total. The van der Waals surface area contributed by atoms with Crippen LogP contribution in [0, 0.1) is 11.3 Å². The quantitative estimate of drug-likeness (QED) is 0.463. The minimum Gasteiger partial charge on any atom is -0.493 e. The third-order valence-electron chi connectivity index (χ3n) is 5.10. The van der Waals surface area contributed by atoms with Crippen LogP contribution < -0.4 is 14.4 Å². The predicted octanol–water partition coefficient (Wildman–Crippen LogP) is 3.60. The van der Waals surface area contributed by atoms with E-state index in [1.54, 1.807) is 31.7 Å². The lowest BCUT2D eigenvalue weighted by atomic mass is 10.0. The summed E-state index contributed by atoms with van der Waals surface area (Å²) < 4.78 is 16.0. The second kappa shape index (κ2) is 10.1. The minimum atomic E-state index is -1.14. The Morgan fingerprint density at radius 3 is 2.70 bits per heavy atom. The van der Waals surface area contributed by atoms with Gasteiger partial charge in [-0.25, -0.2) is 15.0 Å². The summed E-state index contributed by atoms with van der Waals surface area (Å²) in [5.41, 5.74) is 1.39. The number of hydrogen-bond donors (Lipinski definition) is 0. The van der Waals surface area contributed by atoms with E-state index < -0.39 is 11.7 Å². The van der Waals surface area contributed by atoms with Gasteiger partial charge in [0, 0.05) is 24.0 Å². The van der Waals surface area contributed by atoms with E-state index in [1.807, 2.05) is 17.0 Å². The Bertz CT molecular complexity index is 1210. The summed E-state index contributed by atoms with van der Waals surface area (Å²) >= 11 is 7.46. The number of nitriles is 1. The van der Waals surface area contributed by atoms with Gasteiger partial charge in [0.2, 0.25) is 11.7 Å². The highest BCUT2D eigenvalue weighted by Crippen LogP contribution is 2.34. The first-order valence-corrected chi connectivity index (χ1v) is 11.3. The van der Waals surface area contributed by atoms with Crippen LogP contribution in [0.5, 0.6) is 11.5 Å². The third-order valence-corrected chi connectivity index (χ3v) is 6.28. The molecule has 1 saturated heterocycles. The van der Waals surface area contributed by atoms with Crippen LogP contribution in [0.3, 0.4) is 0 Å². The SMILES string of the molecule is COc1ccc(-c2csc(C(C#N)C(=O)c3nc(N4CCOCC4)ncc3Cl)n2)cc1OC. The lowest BCUT2D eigenvalue weighted by molar-refractivity contribution is 0.0974. The number of morpholine rings is 1. The van der Waals surface area contributed by atoms with Crippen molar-refractivity contribution in [1.29, 1.82) is 5.26 Å². The zero-order valence-corrected chi connectivity index (χ0v) is 19.5. The van der Waals surface area contributed by atoms with Gasteiger partial charge in [-0.1, -0.05) is 11.6 Å². The van der Waals surface area contributed by atoms with E-state index in [0.29, 0.717) is 54.5 Å². The van der Waals surface area contributed by atoms with E-state index in [-0.39, 0.29) is 10.7 Å². The number of halogens is 1. The van der Waals surface area contributed by atoms with Gasteiger partial charge in [-0.15, -0.1) is 11.3 Å². The maximum Gasteiger partial charge on any atom is 0.226 e. The lowest BCUT2D eigenvalue weighted by Gasteiger charge is -2.26. The molecular formula is C22H20ClN5O4S. The normalized spacial score (nSPS) is 14.4. The standard InChI is InChI=1S/C22H20ClN5O4S/c1-30-17-4-3-13(9-18(17)31-2)16-12-33-21(26-16)14(10-24)20(29)19-15(23)11-25-22(27-19)28-5-7-32-8-6-28/h3-4,9,11-12,14H,5-8H2,1-2H3. The number of hydrogen-bond acceptors (Lipinski definition) is 10. The second-order valence-electron chi connectivity index (χ2n) is 7.03. The molecule has 9 nitrogen and oxygen atoms in total. The topological polar surface area (TPSA) is 110 Å². The van der Waals surface area contributed by atoms with Crippen LogP contribution in [-0.4, -0.2) is 61.3 Å². The fourth-order valence-corrected chi connectivity index (χ4v) is 4.41. The number of ether oxygens (including phenoxy) is 3. The molecule has 1 atom stereocenters. The number of nitrogens with zero attached hydrogens (tertiary/aromatic N) is 5. The van der Waals surface area contributed by atoms with Gasteiger partial charge >= 0.3 is 0 Å². The van der Waals surface area contributed by atoms with Crippen molar-refractivity contribution in [2.24, 2.45) is 0 Å². The molecule has 33 heavy (non-hydrogen) atoms. The highest BCUT2D eigenvalue weighted by molar-refractivity contribution is 7.10. The van der Waals surface area contributed by atoms with Crippen LogP contribution in [0.25, 0.3) is 11.3 Å². The molecular weight excluding hydrogens is 466 g/mol. The number of aromatic nitrogens is 3. The Kier molecular flexibility index (Phi) is 7.03. The summed E-state index contributed by atoms with van der Waals surface area (Å²) in [4.78, 5) is 28.3. The van der Waals surface area contributed by atoms with Gasteiger partial charge < -0.3 is 19.1 Å². The van der Waals surface area contributed by atoms with Crippen molar-refractivity contribution < 1.29 is 19.0 Å². The Morgan fingerprint density at radius 1 is 1.24 bits per heavy atom. The molecule has 0 amide bonds. The molecule has 1 aromatic carbocycles. The Hall–Kier alpha value is -3.26. The van der Waals surface area contributed by atoms with E-state index in [2.05, 4.69) is 15.0 Å². The van der Waals surface area contributed by atoms with Gasteiger partial charge in [-0.05, 0) is 18.2 Å². The molecule has 0 radical (unpaired) electrons. The van der Waals surface area contributed by atoms with Crippen molar-refractivity contribution in [3.63, 3.8) is 0 Å². The molecule has 4 rings (SSSR count). The summed E-state index contributed by atoms with van der Waals surface area (Å²) in [5.74, 6) is -0.133. The molecule has 170 valence electrons. The van der Waals surface area contributed by atoms with Crippen molar-refractivity contribution in [2.45, 2.75) is 5.92 Å². The zero-order chi connectivity index (χ0) is 23.4. The molecule has 0 bridgehead atoms. The molecule has 0 saturated carbocycles. The number of methoxy groups -OCH3 is 2. The maximum atomic E-state index is 13.3. The monoisotopic (exact) mass is 485 g/mol. The predicted molar refractivity (Wildman–Crippen MR) is 123 cm³/mol. The minimum absolute atomic E-state index is 0.00238. The van der Waals surface area contributed by atoms with Crippen molar-refractivity contribution in [2.75, 3.05) is 45.4 Å². The summed E-state index contributed by atoms with van der Waals surface area (Å²) in [5, 5.41) is 12.0. The first kappa shape index (κ1) is 22.9. The molecule has 1 aliphatic rings. The number of ketones is 1. The van der Waals surface area contributed by atoms with Crippen LogP contribution in [-0.2, 0) is 4.74 Å². The summed E-state index contributed by atoms with van der Waals surface area (Å²) in [7, 11) is 3.11. The fraction of sp³-hybridized carbons (Fsp3) is 0.318. The molecule has 3 aromatic rings. The van der Waals surface area contributed by atoms with E-state index >= 15 is 0 Å². The molecule has 0 spiro atoms. The summed E-state index contributed by atoms with van der Waals surface area (Å²) in [6.45, 7) is 2.32. The molecule has 0 aliphatic carbocycles. The average molecular weight is 486 g/mol. The number of carbonyl (C=O) groups is 1. The largest absolute Gasteiger partial charge is 0.493 e.